The fraction of sp³-hybridized carbons (Fsp3) is 0.324. The number of aryl methyl sites for hydroxylation is 1. The van der Waals surface area contributed by atoms with Crippen LogP contribution in [0, 0.1) is 6.92 Å². The maximum atomic E-state index is 11.9. The average molecular weight is 595 g/mol. The molecule has 7 nitrogen and oxygen atoms in total. The molecule has 0 atom stereocenters. The van der Waals surface area contributed by atoms with E-state index in [9.17, 15) is 9.59 Å². The number of methoxy groups -OCH3 is 1. The van der Waals surface area contributed by atoms with Crippen LogP contribution in [0.2, 0.25) is 0 Å². The molecule has 0 saturated carbocycles. The molecule has 0 aliphatic carbocycles. The van der Waals surface area contributed by atoms with Crippen molar-refractivity contribution in [1.29, 1.82) is 0 Å². The molecule has 3 aromatic carbocycles. The van der Waals surface area contributed by atoms with Crippen LogP contribution in [0.5, 0.6) is 5.75 Å². The van der Waals surface area contributed by atoms with Gasteiger partial charge in [-0.2, -0.15) is 0 Å². The van der Waals surface area contributed by atoms with Crippen LogP contribution >= 0.6 is 0 Å². The zero-order chi connectivity index (χ0) is 31.1. The van der Waals surface area contributed by atoms with E-state index in [0.717, 1.165) is 78.2 Å². The SMILES string of the molecule is CCOC(=O)CCCCN(CCc1ccccc1OCc1ccc(-c2ccc(C)cn2)cc1)Cc1ccc(C(=O)OC)cc1. The molecule has 7 heteroatoms. The molecule has 0 saturated heterocycles. The lowest BCUT2D eigenvalue weighted by Crippen LogP contribution is -2.27. The molecule has 1 aromatic heterocycles. The predicted molar refractivity (Wildman–Crippen MR) is 172 cm³/mol. The van der Waals surface area contributed by atoms with Gasteiger partial charge in [-0.15, -0.1) is 0 Å². The van der Waals surface area contributed by atoms with E-state index >= 15 is 0 Å². The van der Waals surface area contributed by atoms with Gasteiger partial charge in [0, 0.05) is 31.3 Å². The zero-order valence-corrected chi connectivity index (χ0v) is 26.0. The molecule has 0 spiro atoms. The summed E-state index contributed by atoms with van der Waals surface area (Å²) in [7, 11) is 1.38. The van der Waals surface area contributed by atoms with Gasteiger partial charge in [-0.3, -0.25) is 14.7 Å². The highest BCUT2D eigenvalue weighted by molar-refractivity contribution is 5.89. The number of benzene rings is 3. The van der Waals surface area contributed by atoms with Crippen molar-refractivity contribution in [2.24, 2.45) is 0 Å². The number of ether oxygens (including phenoxy) is 3. The second kappa shape index (κ2) is 17.0. The molecule has 44 heavy (non-hydrogen) atoms. The van der Waals surface area contributed by atoms with Gasteiger partial charge in [0.2, 0.25) is 0 Å². The molecule has 4 rings (SSSR count). The lowest BCUT2D eigenvalue weighted by molar-refractivity contribution is -0.143. The van der Waals surface area contributed by atoms with Crippen LogP contribution < -0.4 is 4.74 Å². The van der Waals surface area contributed by atoms with E-state index in [1.807, 2.05) is 56.4 Å². The number of hydrogen-bond acceptors (Lipinski definition) is 7. The van der Waals surface area contributed by atoms with Gasteiger partial charge >= 0.3 is 11.9 Å². The summed E-state index contributed by atoms with van der Waals surface area (Å²) in [5.41, 5.74) is 7.06. The van der Waals surface area contributed by atoms with Gasteiger partial charge in [0.05, 0.1) is 25.0 Å². The Balaban J connectivity index is 1.37. The molecular weight excluding hydrogens is 552 g/mol. The minimum atomic E-state index is -0.344. The maximum absolute atomic E-state index is 11.9. The summed E-state index contributed by atoms with van der Waals surface area (Å²) in [5.74, 6) is 0.384. The topological polar surface area (TPSA) is 78.0 Å². The first-order valence-electron chi connectivity index (χ1n) is 15.2. The number of para-hydroxylation sites is 1. The van der Waals surface area contributed by atoms with Crippen LogP contribution in [0.15, 0.2) is 91.1 Å². The number of nitrogens with zero attached hydrogens (tertiary/aromatic N) is 2. The van der Waals surface area contributed by atoms with Crippen molar-refractivity contribution in [3.05, 3.63) is 119 Å². The van der Waals surface area contributed by atoms with Crippen molar-refractivity contribution < 1.29 is 23.8 Å². The van der Waals surface area contributed by atoms with E-state index in [2.05, 4.69) is 46.3 Å². The molecule has 0 bridgehead atoms. The minimum absolute atomic E-state index is 0.148. The van der Waals surface area contributed by atoms with E-state index in [4.69, 9.17) is 14.2 Å². The van der Waals surface area contributed by atoms with Gasteiger partial charge in [0.25, 0.3) is 0 Å². The second-order valence-corrected chi connectivity index (χ2v) is 10.8. The zero-order valence-electron chi connectivity index (χ0n) is 26.0. The number of pyridine rings is 1. The van der Waals surface area contributed by atoms with E-state index in [0.29, 0.717) is 25.2 Å². The Hall–Kier alpha value is -4.49. The van der Waals surface area contributed by atoms with Crippen LogP contribution in [-0.2, 0) is 33.8 Å². The molecule has 0 aliphatic heterocycles. The number of unbranched alkanes of at least 4 members (excludes halogenated alkanes) is 1. The number of carbonyl (C=O) groups is 2. The number of esters is 2. The molecular formula is C37H42N2O5. The molecule has 1 heterocycles. The molecule has 0 unspecified atom stereocenters. The molecule has 0 N–H and O–H groups in total. The summed E-state index contributed by atoms with van der Waals surface area (Å²) in [6.07, 6.45) is 4.77. The summed E-state index contributed by atoms with van der Waals surface area (Å²) in [5, 5.41) is 0. The first-order chi connectivity index (χ1) is 21.4. The average Bonchev–Trinajstić information content (AvgIpc) is 3.05. The summed E-state index contributed by atoms with van der Waals surface area (Å²) in [6.45, 7) is 7.12. The van der Waals surface area contributed by atoms with Gasteiger partial charge in [0.1, 0.15) is 12.4 Å². The Morgan fingerprint density at radius 2 is 1.59 bits per heavy atom. The molecule has 4 aromatic rings. The van der Waals surface area contributed by atoms with Crippen molar-refractivity contribution in [3.8, 4) is 17.0 Å². The minimum Gasteiger partial charge on any atom is -0.489 e. The van der Waals surface area contributed by atoms with Gasteiger partial charge in [-0.1, -0.05) is 60.7 Å². The van der Waals surface area contributed by atoms with Crippen molar-refractivity contribution in [2.75, 3.05) is 26.8 Å². The number of rotatable bonds is 16. The summed E-state index contributed by atoms with van der Waals surface area (Å²) >= 11 is 0. The Morgan fingerprint density at radius 3 is 2.30 bits per heavy atom. The fourth-order valence-corrected chi connectivity index (χ4v) is 4.93. The van der Waals surface area contributed by atoms with Gasteiger partial charge in [-0.05, 0) is 86.2 Å². The third-order valence-corrected chi connectivity index (χ3v) is 7.42. The molecule has 0 radical (unpaired) electrons. The van der Waals surface area contributed by atoms with Crippen molar-refractivity contribution >= 4 is 11.9 Å². The smallest absolute Gasteiger partial charge is 0.337 e. The summed E-state index contributed by atoms with van der Waals surface area (Å²) < 4.78 is 16.2. The van der Waals surface area contributed by atoms with Crippen LogP contribution in [0.4, 0.5) is 0 Å². The van der Waals surface area contributed by atoms with E-state index < -0.39 is 0 Å². The monoisotopic (exact) mass is 594 g/mol. The van der Waals surface area contributed by atoms with Crippen LogP contribution in [0.25, 0.3) is 11.3 Å². The molecule has 230 valence electrons. The lowest BCUT2D eigenvalue weighted by atomic mass is 10.1. The first kappa shape index (κ1) is 32.4. The van der Waals surface area contributed by atoms with Crippen LogP contribution in [0.3, 0.4) is 0 Å². The Kier molecular flexibility index (Phi) is 12.5. The number of aromatic nitrogens is 1. The highest BCUT2D eigenvalue weighted by Gasteiger charge is 2.12. The van der Waals surface area contributed by atoms with Crippen molar-refractivity contribution in [3.63, 3.8) is 0 Å². The standard InChI is InChI=1S/C37H42N2O5/c1-4-43-36(40)11-7-8-23-39(26-29-13-19-33(20-14-29)37(41)42-3)24-22-32-9-5-6-10-35(32)44-27-30-15-17-31(18-16-30)34-21-12-28(2)25-38-34/h5-6,9-10,12-21,25H,4,7-8,11,22-24,26-27H2,1-3H3. The summed E-state index contributed by atoms with van der Waals surface area (Å²) in [6, 6.07) is 28.2. The Labute approximate surface area is 260 Å². The second-order valence-electron chi connectivity index (χ2n) is 10.8. The highest BCUT2D eigenvalue weighted by atomic mass is 16.5. The largest absolute Gasteiger partial charge is 0.489 e. The van der Waals surface area contributed by atoms with Gasteiger partial charge in [-0.25, -0.2) is 4.79 Å². The highest BCUT2D eigenvalue weighted by Crippen LogP contribution is 2.23. The normalized spacial score (nSPS) is 10.9. The van der Waals surface area contributed by atoms with E-state index in [1.165, 1.54) is 7.11 Å². The summed E-state index contributed by atoms with van der Waals surface area (Å²) in [4.78, 5) is 30.6. The van der Waals surface area contributed by atoms with Crippen LogP contribution in [0.1, 0.15) is 58.8 Å². The number of hydrogen-bond donors (Lipinski definition) is 0. The fourth-order valence-electron chi connectivity index (χ4n) is 4.93. The van der Waals surface area contributed by atoms with Gasteiger partial charge < -0.3 is 14.2 Å². The van der Waals surface area contributed by atoms with Crippen molar-refractivity contribution in [1.82, 2.24) is 9.88 Å². The third-order valence-electron chi connectivity index (χ3n) is 7.42. The van der Waals surface area contributed by atoms with Crippen molar-refractivity contribution in [2.45, 2.75) is 52.7 Å². The Bertz CT molecular complexity index is 1470. The number of carbonyl (C=O) groups excluding carboxylic acids is 2. The molecule has 0 amide bonds. The quantitative estimate of drug-likeness (QED) is 0.100. The molecule has 0 fully saturated rings. The van der Waals surface area contributed by atoms with E-state index in [-0.39, 0.29) is 11.9 Å². The van der Waals surface area contributed by atoms with Gasteiger partial charge in [0.15, 0.2) is 0 Å². The predicted octanol–water partition coefficient (Wildman–Crippen LogP) is 7.20. The maximum Gasteiger partial charge on any atom is 0.337 e. The third kappa shape index (κ3) is 10.1. The lowest BCUT2D eigenvalue weighted by Gasteiger charge is -2.23. The Morgan fingerprint density at radius 1 is 0.841 bits per heavy atom. The first-order valence-corrected chi connectivity index (χ1v) is 15.2. The molecule has 0 aliphatic rings. The van der Waals surface area contributed by atoms with Crippen LogP contribution in [-0.4, -0.2) is 48.6 Å². The van der Waals surface area contributed by atoms with E-state index in [1.54, 1.807) is 12.1 Å².